The van der Waals surface area contributed by atoms with Gasteiger partial charge in [0.05, 0.1) is 15.9 Å². The minimum absolute atomic E-state index is 0.0784. The van der Waals surface area contributed by atoms with E-state index < -0.39 is 0 Å². The van der Waals surface area contributed by atoms with Crippen LogP contribution in [0.1, 0.15) is 5.56 Å². The number of hydrogen-bond donors (Lipinski definition) is 1. The number of aryl methyl sites for hydroxylation is 1. The summed E-state index contributed by atoms with van der Waals surface area (Å²) in [6, 6.07) is 20.8. The fourth-order valence-electron chi connectivity index (χ4n) is 2.76. The molecule has 4 nitrogen and oxygen atoms in total. The number of hydrogen-bond acceptors (Lipinski definition) is 4. The Balaban J connectivity index is 1.54. The number of aromatic nitrogens is 1. The summed E-state index contributed by atoms with van der Waals surface area (Å²) in [4.78, 5) is 17.1. The van der Waals surface area contributed by atoms with Gasteiger partial charge in [0.1, 0.15) is 10.8 Å². The van der Waals surface area contributed by atoms with Crippen LogP contribution < -0.4 is 10.1 Å². The van der Waals surface area contributed by atoms with Crippen molar-refractivity contribution < 1.29 is 9.53 Å². The van der Waals surface area contributed by atoms with Crippen LogP contribution in [0, 0.1) is 6.92 Å². The molecule has 1 aromatic heterocycles. The molecule has 1 N–H and O–H groups in total. The fraction of sp³-hybridized carbons (Fsp3) is 0.0909. The van der Waals surface area contributed by atoms with E-state index in [2.05, 4.69) is 10.3 Å². The Morgan fingerprint density at radius 2 is 1.89 bits per heavy atom. The molecule has 0 saturated heterocycles. The van der Waals surface area contributed by atoms with Crippen LogP contribution in [0.5, 0.6) is 5.75 Å². The van der Waals surface area contributed by atoms with Crippen molar-refractivity contribution >= 4 is 44.7 Å². The summed E-state index contributed by atoms with van der Waals surface area (Å²) in [5.41, 5.74) is 3.50. The molecule has 28 heavy (non-hydrogen) atoms. The number of ether oxygens (including phenoxy) is 1. The third-order valence-electron chi connectivity index (χ3n) is 4.17. The number of halogens is 1. The summed E-state index contributed by atoms with van der Waals surface area (Å²) in [5, 5.41) is 4.30. The maximum Gasteiger partial charge on any atom is 0.262 e. The number of fused-ring (bicyclic) bond motifs is 1. The van der Waals surface area contributed by atoms with Crippen molar-refractivity contribution in [3.05, 3.63) is 77.3 Å². The highest BCUT2D eigenvalue weighted by Gasteiger charge is 2.14. The predicted octanol–water partition coefficient (Wildman–Crippen LogP) is 5.94. The maximum absolute atomic E-state index is 12.4. The average molecular weight is 409 g/mol. The third kappa shape index (κ3) is 4.16. The number of amides is 1. The molecule has 0 aliphatic heterocycles. The number of carbonyl (C=O) groups excluding carboxylic acids is 1. The average Bonchev–Trinajstić information content (AvgIpc) is 3.13. The van der Waals surface area contributed by atoms with Gasteiger partial charge < -0.3 is 10.1 Å². The smallest absolute Gasteiger partial charge is 0.262 e. The van der Waals surface area contributed by atoms with E-state index in [1.807, 2.05) is 61.5 Å². The van der Waals surface area contributed by atoms with Crippen molar-refractivity contribution in [1.82, 2.24) is 4.98 Å². The van der Waals surface area contributed by atoms with Gasteiger partial charge in [-0.05, 0) is 49.4 Å². The van der Waals surface area contributed by atoms with Crippen LogP contribution in [0.15, 0.2) is 66.7 Å². The highest BCUT2D eigenvalue weighted by atomic mass is 35.5. The number of benzene rings is 3. The van der Waals surface area contributed by atoms with Crippen molar-refractivity contribution in [1.29, 1.82) is 0 Å². The molecule has 6 heteroatoms. The number of rotatable bonds is 5. The third-order valence-corrected chi connectivity index (χ3v) is 5.48. The van der Waals surface area contributed by atoms with Crippen LogP contribution in [0.25, 0.3) is 20.8 Å². The van der Waals surface area contributed by atoms with E-state index >= 15 is 0 Å². The van der Waals surface area contributed by atoms with E-state index in [1.54, 1.807) is 23.5 Å². The summed E-state index contributed by atoms with van der Waals surface area (Å²) < 4.78 is 6.64. The molecule has 0 aliphatic rings. The first-order valence-electron chi connectivity index (χ1n) is 8.73. The summed E-state index contributed by atoms with van der Waals surface area (Å²) >= 11 is 7.75. The fourth-order valence-corrected chi connectivity index (χ4v) is 3.93. The summed E-state index contributed by atoms with van der Waals surface area (Å²) in [5.74, 6) is 0.411. The van der Waals surface area contributed by atoms with Gasteiger partial charge in [-0.25, -0.2) is 4.98 Å². The zero-order valence-corrected chi connectivity index (χ0v) is 16.7. The number of nitrogens with zero attached hydrogens (tertiary/aromatic N) is 1. The lowest BCUT2D eigenvalue weighted by atomic mass is 10.2. The minimum atomic E-state index is -0.245. The van der Waals surface area contributed by atoms with Gasteiger partial charge in [0.15, 0.2) is 6.61 Å². The lowest BCUT2D eigenvalue weighted by molar-refractivity contribution is -0.118. The van der Waals surface area contributed by atoms with Crippen molar-refractivity contribution in [2.75, 3.05) is 11.9 Å². The van der Waals surface area contributed by atoms with Crippen molar-refractivity contribution in [3.8, 4) is 16.3 Å². The molecule has 0 unspecified atom stereocenters. The van der Waals surface area contributed by atoms with Gasteiger partial charge in [-0.3, -0.25) is 4.79 Å². The van der Waals surface area contributed by atoms with E-state index in [4.69, 9.17) is 16.3 Å². The Labute approximate surface area is 171 Å². The number of anilines is 1. The number of nitrogens with one attached hydrogen (secondary N) is 1. The first-order chi connectivity index (χ1) is 13.6. The molecule has 4 rings (SSSR count). The maximum atomic E-state index is 12.4. The van der Waals surface area contributed by atoms with Crippen molar-refractivity contribution in [3.63, 3.8) is 0 Å². The normalized spacial score (nSPS) is 10.8. The van der Waals surface area contributed by atoms with Gasteiger partial charge >= 0.3 is 0 Å². The molecule has 0 bridgehead atoms. The van der Waals surface area contributed by atoms with Crippen LogP contribution in [0.2, 0.25) is 5.02 Å². The molecular formula is C22H17ClN2O2S. The van der Waals surface area contributed by atoms with E-state index in [-0.39, 0.29) is 12.5 Å². The van der Waals surface area contributed by atoms with Gasteiger partial charge in [-0.2, -0.15) is 0 Å². The summed E-state index contributed by atoms with van der Waals surface area (Å²) in [7, 11) is 0. The lowest BCUT2D eigenvalue weighted by Gasteiger charge is -2.11. The largest absolute Gasteiger partial charge is 0.484 e. The zero-order valence-electron chi connectivity index (χ0n) is 15.1. The first kappa shape index (κ1) is 18.5. The standard InChI is InChI=1S/C22H17ClN2O2S/c1-14-6-9-16(10-7-14)27-13-21(26)24-18-11-8-15(23)12-17(18)22-25-19-4-2-3-5-20(19)28-22/h2-12H,13H2,1H3,(H,24,26). The summed E-state index contributed by atoms with van der Waals surface area (Å²) in [6.45, 7) is 1.92. The molecule has 0 radical (unpaired) electrons. The van der Waals surface area contributed by atoms with Crippen LogP contribution >= 0.6 is 22.9 Å². The lowest BCUT2D eigenvalue weighted by Crippen LogP contribution is -2.20. The second-order valence-corrected chi connectivity index (χ2v) is 7.79. The molecule has 0 saturated carbocycles. The molecule has 1 amide bonds. The van der Waals surface area contributed by atoms with E-state index in [0.29, 0.717) is 16.5 Å². The Morgan fingerprint density at radius 3 is 2.68 bits per heavy atom. The number of carbonyl (C=O) groups is 1. The van der Waals surface area contributed by atoms with Crippen molar-refractivity contribution in [2.24, 2.45) is 0 Å². The van der Waals surface area contributed by atoms with Crippen LogP contribution in [-0.2, 0) is 4.79 Å². The van der Waals surface area contributed by atoms with Crippen LogP contribution in [0.4, 0.5) is 5.69 Å². The van der Waals surface area contributed by atoms with Gasteiger partial charge in [0, 0.05) is 10.6 Å². The van der Waals surface area contributed by atoms with E-state index in [0.717, 1.165) is 26.4 Å². The SMILES string of the molecule is Cc1ccc(OCC(=O)Nc2ccc(Cl)cc2-c2nc3ccccc3s2)cc1. The Morgan fingerprint density at radius 1 is 1.11 bits per heavy atom. The molecule has 0 fully saturated rings. The van der Waals surface area contributed by atoms with E-state index in [1.165, 1.54) is 0 Å². The molecular weight excluding hydrogens is 392 g/mol. The van der Waals surface area contributed by atoms with Gasteiger partial charge in [-0.1, -0.05) is 41.4 Å². The van der Waals surface area contributed by atoms with Crippen molar-refractivity contribution in [2.45, 2.75) is 6.92 Å². The molecule has 140 valence electrons. The first-order valence-corrected chi connectivity index (χ1v) is 9.93. The quantitative estimate of drug-likeness (QED) is 0.444. The molecule has 3 aromatic carbocycles. The minimum Gasteiger partial charge on any atom is -0.484 e. The molecule has 0 aliphatic carbocycles. The predicted molar refractivity (Wildman–Crippen MR) is 115 cm³/mol. The number of para-hydroxylation sites is 1. The number of thiazole rings is 1. The molecule has 1 heterocycles. The summed E-state index contributed by atoms with van der Waals surface area (Å²) in [6.07, 6.45) is 0. The van der Waals surface area contributed by atoms with Gasteiger partial charge in [0.2, 0.25) is 0 Å². The second kappa shape index (κ2) is 8.00. The molecule has 0 spiro atoms. The second-order valence-electron chi connectivity index (χ2n) is 6.33. The van der Waals surface area contributed by atoms with Gasteiger partial charge in [0.25, 0.3) is 5.91 Å². The molecule has 0 atom stereocenters. The topological polar surface area (TPSA) is 51.2 Å². The Hall–Kier alpha value is -2.89. The highest BCUT2D eigenvalue weighted by Crippen LogP contribution is 2.36. The van der Waals surface area contributed by atoms with E-state index in [9.17, 15) is 4.79 Å². The Kier molecular flexibility index (Phi) is 5.28. The highest BCUT2D eigenvalue weighted by molar-refractivity contribution is 7.21. The zero-order chi connectivity index (χ0) is 19.5. The molecule has 4 aromatic rings. The van der Waals surface area contributed by atoms with Crippen LogP contribution in [-0.4, -0.2) is 17.5 Å². The monoisotopic (exact) mass is 408 g/mol. The van der Waals surface area contributed by atoms with Gasteiger partial charge in [-0.15, -0.1) is 11.3 Å². The Bertz CT molecular complexity index is 1110. The van der Waals surface area contributed by atoms with Crippen LogP contribution in [0.3, 0.4) is 0 Å².